The van der Waals surface area contributed by atoms with Crippen molar-refractivity contribution in [1.29, 1.82) is 0 Å². The zero-order valence-electron chi connectivity index (χ0n) is 11.1. The Morgan fingerprint density at radius 1 is 1.29 bits per heavy atom. The smallest absolute Gasteiger partial charge is 0.335 e. The topological polar surface area (TPSA) is 66.6 Å². The fourth-order valence-electron chi connectivity index (χ4n) is 1.98. The number of carbonyl (C=O) groups is 1. The SMILES string of the molecule is CN(c1cccc(F)c1)c1nc2ccc(C(=O)O)cc2o1. The van der Waals surface area contributed by atoms with Gasteiger partial charge in [-0.25, -0.2) is 9.18 Å². The van der Waals surface area contributed by atoms with Gasteiger partial charge in [-0.1, -0.05) is 6.07 Å². The molecule has 2 aromatic carbocycles. The standard InChI is InChI=1S/C15H11FN2O3/c1-18(11-4-2-3-10(16)8-11)15-17-12-6-5-9(14(19)20)7-13(12)21-15/h2-8H,1H3,(H,19,20). The highest BCUT2D eigenvalue weighted by Gasteiger charge is 2.14. The number of anilines is 2. The largest absolute Gasteiger partial charge is 0.478 e. The highest BCUT2D eigenvalue weighted by molar-refractivity contribution is 5.92. The van der Waals surface area contributed by atoms with Crippen molar-refractivity contribution in [2.24, 2.45) is 0 Å². The number of halogens is 1. The van der Waals surface area contributed by atoms with Crippen molar-refractivity contribution in [2.45, 2.75) is 0 Å². The summed E-state index contributed by atoms with van der Waals surface area (Å²) in [7, 11) is 1.69. The molecule has 0 fully saturated rings. The van der Waals surface area contributed by atoms with Crippen molar-refractivity contribution < 1.29 is 18.7 Å². The Balaban J connectivity index is 2.02. The minimum absolute atomic E-state index is 0.124. The van der Waals surface area contributed by atoms with E-state index < -0.39 is 5.97 Å². The van der Waals surface area contributed by atoms with Gasteiger partial charge in [0.25, 0.3) is 0 Å². The van der Waals surface area contributed by atoms with E-state index in [1.54, 1.807) is 30.1 Å². The first-order valence-electron chi connectivity index (χ1n) is 6.18. The molecule has 0 amide bonds. The number of fused-ring (bicyclic) bond motifs is 1. The van der Waals surface area contributed by atoms with Gasteiger partial charge in [-0.05, 0) is 36.4 Å². The number of aromatic nitrogens is 1. The van der Waals surface area contributed by atoms with Gasteiger partial charge in [-0.2, -0.15) is 4.98 Å². The number of carboxylic acid groups (broad SMARTS) is 1. The molecule has 3 rings (SSSR count). The molecule has 0 radical (unpaired) electrons. The zero-order valence-corrected chi connectivity index (χ0v) is 11.1. The summed E-state index contributed by atoms with van der Waals surface area (Å²) in [4.78, 5) is 16.8. The lowest BCUT2D eigenvalue weighted by Crippen LogP contribution is -2.09. The number of benzene rings is 2. The van der Waals surface area contributed by atoms with E-state index >= 15 is 0 Å². The molecule has 5 nitrogen and oxygen atoms in total. The Morgan fingerprint density at radius 2 is 2.10 bits per heavy atom. The van der Waals surface area contributed by atoms with Crippen LogP contribution in [-0.2, 0) is 0 Å². The summed E-state index contributed by atoms with van der Waals surface area (Å²) >= 11 is 0. The van der Waals surface area contributed by atoms with Crippen molar-refractivity contribution >= 4 is 28.8 Å². The summed E-state index contributed by atoms with van der Waals surface area (Å²) in [6.07, 6.45) is 0. The predicted molar refractivity (Wildman–Crippen MR) is 75.4 cm³/mol. The first-order valence-corrected chi connectivity index (χ1v) is 6.18. The maximum Gasteiger partial charge on any atom is 0.335 e. The van der Waals surface area contributed by atoms with Crippen LogP contribution < -0.4 is 4.90 Å². The fraction of sp³-hybridized carbons (Fsp3) is 0.0667. The molecule has 0 unspecified atom stereocenters. The Bertz CT molecular complexity index is 829. The van der Waals surface area contributed by atoms with Gasteiger partial charge >= 0.3 is 12.0 Å². The van der Waals surface area contributed by atoms with E-state index in [1.165, 1.54) is 24.3 Å². The minimum Gasteiger partial charge on any atom is -0.478 e. The molecule has 0 aliphatic rings. The van der Waals surface area contributed by atoms with E-state index in [9.17, 15) is 9.18 Å². The predicted octanol–water partition coefficient (Wildman–Crippen LogP) is 3.43. The van der Waals surface area contributed by atoms with Gasteiger partial charge in [-0.15, -0.1) is 0 Å². The van der Waals surface area contributed by atoms with Crippen LogP contribution in [0.5, 0.6) is 0 Å². The van der Waals surface area contributed by atoms with Gasteiger partial charge in [0, 0.05) is 12.7 Å². The van der Waals surface area contributed by atoms with Crippen LogP contribution >= 0.6 is 0 Å². The van der Waals surface area contributed by atoms with Crippen molar-refractivity contribution in [2.75, 3.05) is 11.9 Å². The van der Waals surface area contributed by atoms with Crippen molar-refractivity contribution in [1.82, 2.24) is 4.98 Å². The third-order valence-corrected chi connectivity index (χ3v) is 3.11. The van der Waals surface area contributed by atoms with E-state index in [1.807, 2.05) is 0 Å². The summed E-state index contributed by atoms with van der Waals surface area (Å²) in [5, 5.41) is 8.95. The lowest BCUT2D eigenvalue weighted by molar-refractivity contribution is 0.0697. The summed E-state index contributed by atoms with van der Waals surface area (Å²) in [6, 6.07) is 10.7. The first kappa shape index (κ1) is 13.1. The lowest BCUT2D eigenvalue weighted by Gasteiger charge is -2.13. The van der Waals surface area contributed by atoms with Crippen LogP contribution in [0.1, 0.15) is 10.4 Å². The molecule has 0 aliphatic carbocycles. The van der Waals surface area contributed by atoms with Gasteiger partial charge in [0.2, 0.25) is 0 Å². The Hall–Kier alpha value is -2.89. The van der Waals surface area contributed by atoms with E-state index in [-0.39, 0.29) is 17.4 Å². The second-order valence-corrected chi connectivity index (χ2v) is 4.52. The molecule has 0 aliphatic heterocycles. The van der Waals surface area contributed by atoms with E-state index in [4.69, 9.17) is 9.52 Å². The van der Waals surface area contributed by atoms with Crippen LogP contribution in [0.4, 0.5) is 16.1 Å². The van der Waals surface area contributed by atoms with Crippen molar-refractivity contribution in [3.8, 4) is 0 Å². The normalized spacial score (nSPS) is 10.8. The molecule has 0 spiro atoms. The number of hydrogen-bond acceptors (Lipinski definition) is 4. The van der Waals surface area contributed by atoms with Gasteiger partial charge in [-0.3, -0.25) is 4.90 Å². The van der Waals surface area contributed by atoms with Gasteiger partial charge in [0.15, 0.2) is 5.58 Å². The Kier molecular flexibility index (Phi) is 3.06. The third-order valence-electron chi connectivity index (χ3n) is 3.11. The molecule has 1 aromatic heterocycles. The third kappa shape index (κ3) is 2.43. The second-order valence-electron chi connectivity index (χ2n) is 4.52. The number of hydrogen-bond donors (Lipinski definition) is 1. The number of aromatic carboxylic acids is 1. The quantitative estimate of drug-likeness (QED) is 0.799. The molecule has 106 valence electrons. The first-order chi connectivity index (χ1) is 10.0. The number of oxazole rings is 1. The fourth-order valence-corrected chi connectivity index (χ4v) is 1.98. The summed E-state index contributed by atoms with van der Waals surface area (Å²) in [6.45, 7) is 0. The minimum atomic E-state index is -1.03. The Morgan fingerprint density at radius 3 is 2.81 bits per heavy atom. The molecule has 0 atom stereocenters. The Labute approximate surface area is 119 Å². The van der Waals surface area contributed by atoms with Crippen molar-refractivity contribution in [3.05, 3.63) is 53.8 Å². The van der Waals surface area contributed by atoms with E-state index in [0.717, 1.165) is 0 Å². The lowest BCUT2D eigenvalue weighted by atomic mass is 10.2. The molecular formula is C15H11FN2O3. The van der Waals surface area contributed by atoms with E-state index in [0.29, 0.717) is 16.8 Å². The van der Waals surface area contributed by atoms with Crippen LogP contribution in [0.2, 0.25) is 0 Å². The molecule has 6 heteroatoms. The number of carboxylic acids is 1. The van der Waals surface area contributed by atoms with Crippen LogP contribution in [0.25, 0.3) is 11.1 Å². The van der Waals surface area contributed by atoms with Crippen LogP contribution in [0.15, 0.2) is 46.9 Å². The molecular weight excluding hydrogens is 275 g/mol. The van der Waals surface area contributed by atoms with E-state index in [2.05, 4.69) is 4.98 Å². The molecule has 0 bridgehead atoms. The van der Waals surface area contributed by atoms with Gasteiger partial charge in [0.1, 0.15) is 11.3 Å². The molecule has 1 N–H and O–H groups in total. The summed E-state index contributed by atoms with van der Waals surface area (Å²) < 4.78 is 18.8. The summed E-state index contributed by atoms with van der Waals surface area (Å²) in [5.41, 5.74) is 1.62. The number of rotatable bonds is 3. The molecule has 1 heterocycles. The second kappa shape index (κ2) is 4.90. The van der Waals surface area contributed by atoms with Crippen LogP contribution in [0.3, 0.4) is 0 Å². The molecule has 0 saturated carbocycles. The maximum absolute atomic E-state index is 13.2. The summed E-state index contributed by atoms with van der Waals surface area (Å²) in [5.74, 6) is -1.39. The average Bonchev–Trinajstić information content (AvgIpc) is 2.89. The average molecular weight is 286 g/mol. The van der Waals surface area contributed by atoms with Crippen LogP contribution in [0, 0.1) is 5.82 Å². The number of nitrogens with zero attached hydrogens (tertiary/aromatic N) is 2. The zero-order chi connectivity index (χ0) is 15.0. The molecule has 3 aromatic rings. The van der Waals surface area contributed by atoms with Gasteiger partial charge < -0.3 is 9.52 Å². The van der Waals surface area contributed by atoms with Crippen molar-refractivity contribution in [3.63, 3.8) is 0 Å². The van der Waals surface area contributed by atoms with Gasteiger partial charge in [0.05, 0.1) is 5.56 Å². The molecule has 0 saturated heterocycles. The molecule has 21 heavy (non-hydrogen) atoms. The highest BCUT2D eigenvalue weighted by Crippen LogP contribution is 2.27. The monoisotopic (exact) mass is 286 g/mol. The van der Waals surface area contributed by atoms with Crippen LogP contribution in [-0.4, -0.2) is 23.1 Å². The highest BCUT2D eigenvalue weighted by atomic mass is 19.1. The maximum atomic E-state index is 13.2.